The minimum atomic E-state index is -1.20. The average molecular weight is 498 g/mol. The predicted molar refractivity (Wildman–Crippen MR) is 132 cm³/mol. The number of aromatic nitrogens is 5. The zero-order valence-corrected chi connectivity index (χ0v) is 21.0. The van der Waals surface area contributed by atoms with Crippen molar-refractivity contribution in [3.05, 3.63) is 79.1 Å². The van der Waals surface area contributed by atoms with Gasteiger partial charge in [-0.2, -0.15) is 0 Å². The van der Waals surface area contributed by atoms with E-state index in [-0.39, 0.29) is 17.5 Å². The highest BCUT2D eigenvalue weighted by atomic mass is 35.5. The number of rotatable bonds is 6. The largest absolute Gasteiger partial charge is 0.485 e. The van der Waals surface area contributed by atoms with Crippen molar-refractivity contribution in [3.8, 4) is 22.8 Å². The summed E-state index contributed by atoms with van der Waals surface area (Å²) < 4.78 is 7.43. The van der Waals surface area contributed by atoms with E-state index in [1.54, 1.807) is 44.4 Å². The molecule has 0 saturated heterocycles. The fourth-order valence-corrected chi connectivity index (χ4v) is 4.32. The molecule has 0 atom stereocenters. The molecule has 10 heteroatoms. The van der Waals surface area contributed by atoms with Gasteiger partial charge in [0.05, 0.1) is 27.8 Å². The second-order valence-corrected chi connectivity index (χ2v) is 9.80. The fraction of sp³-hybridized carbons (Fsp3) is 0.292. The van der Waals surface area contributed by atoms with Crippen LogP contribution in [0.2, 0.25) is 5.02 Å². The number of thiazole rings is 1. The Balaban J connectivity index is 1.74. The van der Waals surface area contributed by atoms with Gasteiger partial charge in [-0.25, -0.2) is 15.0 Å². The first-order chi connectivity index (χ1) is 16.1. The summed E-state index contributed by atoms with van der Waals surface area (Å²) in [6, 6.07) is 5.18. The highest BCUT2D eigenvalue weighted by Crippen LogP contribution is 2.30. The SMILES string of the molecule is Cc1nc(COc2c(C)c(C)n(-c3ccnc(-c4ccnc(C(C)(C)O)n4)c3)c(=O)c2Cl)cs1. The van der Waals surface area contributed by atoms with Gasteiger partial charge in [0.15, 0.2) is 5.82 Å². The summed E-state index contributed by atoms with van der Waals surface area (Å²) in [6.07, 6.45) is 3.17. The van der Waals surface area contributed by atoms with Crippen molar-refractivity contribution in [2.45, 2.75) is 46.8 Å². The second kappa shape index (κ2) is 9.25. The van der Waals surface area contributed by atoms with Crippen LogP contribution in [-0.2, 0) is 12.2 Å². The van der Waals surface area contributed by atoms with Gasteiger partial charge < -0.3 is 9.84 Å². The van der Waals surface area contributed by atoms with Crippen molar-refractivity contribution in [3.63, 3.8) is 0 Å². The highest BCUT2D eigenvalue weighted by molar-refractivity contribution is 7.09. The van der Waals surface area contributed by atoms with E-state index in [1.165, 1.54) is 15.9 Å². The lowest BCUT2D eigenvalue weighted by molar-refractivity contribution is 0.0688. The van der Waals surface area contributed by atoms with E-state index >= 15 is 0 Å². The summed E-state index contributed by atoms with van der Waals surface area (Å²) in [7, 11) is 0. The second-order valence-electron chi connectivity index (χ2n) is 8.36. The Morgan fingerprint density at radius 1 is 1.12 bits per heavy atom. The van der Waals surface area contributed by atoms with Gasteiger partial charge in [-0.05, 0) is 52.8 Å². The molecule has 176 valence electrons. The Hall–Kier alpha value is -3.14. The van der Waals surface area contributed by atoms with E-state index in [1.807, 2.05) is 26.2 Å². The van der Waals surface area contributed by atoms with Gasteiger partial charge >= 0.3 is 0 Å². The lowest BCUT2D eigenvalue weighted by Gasteiger charge is -2.18. The molecule has 0 aliphatic heterocycles. The number of ether oxygens (including phenoxy) is 1. The molecule has 0 amide bonds. The zero-order chi connectivity index (χ0) is 24.6. The first-order valence-electron chi connectivity index (χ1n) is 10.5. The predicted octanol–water partition coefficient (Wildman–Crippen LogP) is 4.53. The van der Waals surface area contributed by atoms with Crippen LogP contribution in [-0.4, -0.2) is 29.6 Å². The molecule has 0 aliphatic carbocycles. The number of pyridine rings is 2. The highest BCUT2D eigenvalue weighted by Gasteiger charge is 2.21. The van der Waals surface area contributed by atoms with Crippen molar-refractivity contribution in [1.82, 2.24) is 24.5 Å². The first-order valence-corrected chi connectivity index (χ1v) is 11.8. The van der Waals surface area contributed by atoms with Crippen LogP contribution in [0.5, 0.6) is 5.75 Å². The van der Waals surface area contributed by atoms with Crippen LogP contribution in [0.15, 0.2) is 40.8 Å². The number of nitrogens with zero attached hydrogens (tertiary/aromatic N) is 5. The molecule has 8 nitrogen and oxygen atoms in total. The van der Waals surface area contributed by atoms with Crippen LogP contribution in [0.3, 0.4) is 0 Å². The maximum absolute atomic E-state index is 13.3. The molecule has 4 rings (SSSR count). The molecule has 0 aromatic carbocycles. The third-order valence-electron chi connectivity index (χ3n) is 5.31. The molecule has 4 heterocycles. The van der Waals surface area contributed by atoms with Gasteiger partial charge in [-0.3, -0.25) is 14.3 Å². The summed E-state index contributed by atoms with van der Waals surface area (Å²) >= 11 is 8.02. The number of halogens is 1. The van der Waals surface area contributed by atoms with Gasteiger partial charge in [-0.15, -0.1) is 11.3 Å². The van der Waals surface area contributed by atoms with Crippen molar-refractivity contribution >= 4 is 22.9 Å². The van der Waals surface area contributed by atoms with E-state index in [0.717, 1.165) is 16.3 Å². The van der Waals surface area contributed by atoms with Gasteiger partial charge in [0.25, 0.3) is 5.56 Å². The molecule has 0 radical (unpaired) electrons. The lowest BCUT2D eigenvalue weighted by atomic mass is 10.1. The summed E-state index contributed by atoms with van der Waals surface area (Å²) in [5.74, 6) is 0.632. The lowest BCUT2D eigenvalue weighted by Crippen LogP contribution is -2.23. The Morgan fingerprint density at radius 3 is 2.53 bits per heavy atom. The van der Waals surface area contributed by atoms with Gasteiger partial charge in [0.2, 0.25) is 0 Å². The molecule has 4 aromatic rings. The normalized spacial score (nSPS) is 11.6. The molecular formula is C24H24ClN5O3S. The minimum absolute atomic E-state index is 0.000216. The van der Waals surface area contributed by atoms with Crippen molar-refractivity contribution in [2.75, 3.05) is 0 Å². The summed E-state index contributed by atoms with van der Waals surface area (Å²) in [5, 5.41) is 13.1. The molecule has 0 fully saturated rings. The Labute approximate surface area is 205 Å². The molecule has 0 unspecified atom stereocenters. The Kier molecular flexibility index (Phi) is 6.53. The average Bonchev–Trinajstić information content (AvgIpc) is 3.22. The number of hydrogen-bond donors (Lipinski definition) is 1. The van der Waals surface area contributed by atoms with Gasteiger partial charge in [-0.1, -0.05) is 11.6 Å². The Bertz CT molecular complexity index is 1430. The quantitative estimate of drug-likeness (QED) is 0.417. The first kappa shape index (κ1) is 24.0. The molecular weight excluding hydrogens is 474 g/mol. The summed E-state index contributed by atoms with van der Waals surface area (Å²) in [6.45, 7) is 9.08. The van der Waals surface area contributed by atoms with E-state index in [0.29, 0.717) is 28.5 Å². The van der Waals surface area contributed by atoms with Crippen LogP contribution in [0.1, 0.15) is 41.6 Å². The standard InChI is InChI=1S/C24H24ClN5O3S/c1-13-14(2)30(22(31)20(25)21(13)33-11-16-12-34-15(3)28-16)17-6-8-26-19(10-17)18-7-9-27-23(29-18)24(4,5)32/h6-10,12,32H,11H2,1-5H3. The fourth-order valence-electron chi connectivity index (χ4n) is 3.44. The topological polar surface area (TPSA) is 103 Å². The molecule has 0 aliphatic rings. The monoisotopic (exact) mass is 497 g/mol. The summed E-state index contributed by atoms with van der Waals surface area (Å²) in [4.78, 5) is 30.6. The van der Waals surface area contributed by atoms with E-state index < -0.39 is 11.2 Å². The number of aryl methyl sites for hydroxylation is 1. The van der Waals surface area contributed by atoms with Gasteiger partial charge in [0, 0.05) is 29.0 Å². The molecule has 0 saturated carbocycles. The van der Waals surface area contributed by atoms with Crippen LogP contribution >= 0.6 is 22.9 Å². The maximum atomic E-state index is 13.3. The van der Waals surface area contributed by atoms with Gasteiger partial charge in [0.1, 0.15) is 23.0 Å². The molecule has 1 N–H and O–H groups in total. The number of aliphatic hydroxyl groups is 1. The number of hydrogen-bond acceptors (Lipinski definition) is 8. The van der Waals surface area contributed by atoms with E-state index in [4.69, 9.17) is 16.3 Å². The molecule has 0 bridgehead atoms. The maximum Gasteiger partial charge on any atom is 0.277 e. The molecule has 0 spiro atoms. The molecule has 34 heavy (non-hydrogen) atoms. The zero-order valence-electron chi connectivity index (χ0n) is 19.5. The van der Waals surface area contributed by atoms with E-state index in [9.17, 15) is 9.90 Å². The third-order valence-corrected chi connectivity index (χ3v) is 6.46. The van der Waals surface area contributed by atoms with Crippen molar-refractivity contribution in [1.29, 1.82) is 0 Å². The van der Waals surface area contributed by atoms with Crippen LogP contribution in [0.4, 0.5) is 0 Å². The minimum Gasteiger partial charge on any atom is -0.485 e. The Morgan fingerprint density at radius 2 is 1.85 bits per heavy atom. The van der Waals surface area contributed by atoms with Crippen LogP contribution in [0.25, 0.3) is 17.1 Å². The smallest absolute Gasteiger partial charge is 0.277 e. The third kappa shape index (κ3) is 4.72. The summed E-state index contributed by atoms with van der Waals surface area (Å²) in [5.41, 5.74) is 2.28. The van der Waals surface area contributed by atoms with Crippen LogP contribution in [0, 0.1) is 20.8 Å². The molecule has 4 aromatic heterocycles. The van der Waals surface area contributed by atoms with Crippen molar-refractivity contribution < 1.29 is 9.84 Å². The van der Waals surface area contributed by atoms with Crippen molar-refractivity contribution in [2.24, 2.45) is 0 Å². The van der Waals surface area contributed by atoms with Crippen LogP contribution < -0.4 is 10.3 Å². The van der Waals surface area contributed by atoms with E-state index in [2.05, 4.69) is 19.9 Å².